The average Bonchev–Trinajstić information content (AvgIpc) is 3.46. The predicted octanol–water partition coefficient (Wildman–Crippen LogP) is 3.03. The Morgan fingerprint density at radius 1 is 1.27 bits per heavy atom. The summed E-state index contributed by atoms with van der Waals surface area (Å²) < 4.78 is 36.6. The molecule has 1 atom stereocenters. The van der Waals surface area contributed by atoms with Crippen molar-refractivity contribution in [3.05, 3.63) is 71.2 Å². The van der Waals surface area contributed by atoms with Crippen molar-refractivity contribution in [2.75, 3.05) is 45.7 Å². The van der Waals surface area contributed by atoms with Crippen LogP contribution in [0.5, 0.6) is 0 Å². The number of pyridine rings is 1. The maximum atomic E-state index is 13.6. The van der Waals surface area contributed by atoms with Crippen molar-refractivity contribution in [1.82, 2.24) is 30.8 Å². The van der Waals surface area contributed by atoms with Crippen molar-refractivity contribution in [3.8, 4) is 0 Å². The van der Waals surface area contributed by atoms with Gasteiger partial charge in [0.2, 0.25) is 0 Å². The zero-order valence-corrected chi connectivity index (χ0v) is 23.4. The zero-order chi connectivity index (χ0) is 30.3. The minimum atomic E-state index is -2.96. The summed E-state index contributed by atoms with van der Waals surface area (Å²) in [5, 5.41) is 14.4. The minimum Gasteiger partial charge on any atom is -0.382 e. The van der Waals surface area contributed by atoms with Crippen LogP contribution in [-0.2, 0) is 16.0 Å². The molecule has 1 aliphatic heterocycles. The Hall–Kier alpha value is -4.46. The number of hydrogen-bond acceptors (Lipinski definition) is 9. The van der Waals surface area contributed by atoms with Crippen LogP contribution < -0.4 is 16.0 Å². The summed E-state index contributed by atoms with van der Waals surface area (Å²) in [5.74, 6) is -2.80. The molecule has 0 spiro atoms. The lowest BCUT2D eigenvalue weighted by molar-refractivity contribution is -0.107. The summed E-state index contributed by atoms with van der Waals surface area (Å²) in [6.07, 6.45) is 2.72. The Kier molecular flexibility index (Phi) is 13.3. The van der Waals surface area contributed by atoms with E-state index in [9.17, 15) is 23.2 Å². The monoisotopic (exact) mass is 575 g/mol. The maximum absolute atomic E-state index is 13.6. The Morgan fingerprint density at radius 3 is 2.59 bits per heavy atom. The number of anilines is 1. The summed E-state index contributed by atoms with van der Waals surface area (Å²) in [5.41, 5.74) is 2.64. The number of aldehydes is 1. The highest BCUT2D eigenvalue weighted by Crippen LogP contribution is 2.28. The molecular weight excluding hydrogens is 540 g/mol. The minimum absolute atomic E-state index is 0.0329. The van der Waals surface area contributed by atoms with Gasteiger partial charge in [-0.2, -0.15) is 0 Å². The molecule has 1 aliphatic rings. The van der Waals surface area contributed by atoms with E-state index in [1.165, 1.54) is 12.7 Å². The number of ether oxygens (including phenoxy) is 1. The molecule has 3 N–H and O–H groups in total. The molecule has 1 unspecified atom stereocenters. The van der Waals surface area contributed by atoms with Gasteiger partial charge in [0.1, 0.15) is 17.8 Å². The van der Waals surface area contributed by atoms with Crippen LogP contribution in [0.25, 0.3) is 0 Å². The van der Waals surface area contributed by atoms with Crippen molar-refractivity contribution >= 4 is 24.0 Å². The fraction of sp³-hybridized carbons (Fsp3) is 0.407. The second-order valence-corrected chi connectivity index (χ2v) is 8.78. The number of aryl methyl sites for hydroxylation is 2. The third kappa shape index (κ3) is 10.6. The van der Waals surface area contributed by atoms with Gasteiger partial charge < -0.3 is 30.4 Å². The molecule has 12 nitrogen and oxygen atoms in total. The smallest absolute Gasteiger partial charge is 0.318 e. The molecule has 0 bridgehead atoms. The Morgan fingerprint density at radius 2 is 2.00 bits per heavy atom. The molecule has 2 aromatic heterocycles. The number of alkyl halides is 2. The number of carbonyl (C=O) groups is 3. The van der Waals surface area contributed by atoms with E-state index in [0.29, 0.717) is 29.8 Å². The lowest BCUT2D eigenvalue weighted by atomic mass is 10.1. The van der Waals surface area contributed by atoms with Gasteiger partial charge in [-0.25, -0.2) is 23.2 Å². The van der Waals surface area contributed by atoms with Crippen LogP contribution in [-0.4, -0.2) is 84.7 Å². The van der Waals surface area contributed by atoms with E-state index < -0.39 is 37.0 Å². The molecule has 1 fully saturated rings. The molecule has 222 valence electrons. The first-order valence-corrected chi connectivity index (χ1v) is 12.8. The van der Waals surface area contributed by atoms with Crippen LogP contribution in [0.2, 0.25) is 0 Å². The summed E-state index contributed by atoms with van der Waals surface area (Å²) in [7, 11) is 3.17. The molecule has 1 saturated heterocycles. The summed E-state index contributed by atoms with van der Waals surface area (Å²) in [6.45, 7) is 2.73. The Bertz CT molecular complexity index is 1240. The molecule has 3 aromatic rings. The number of nitrogens with one attached hydrogen (secondary N) is 3. The largest absolute Gasteiger partial charge is 0.382 e. The fourth-order valence-electron chi connectivity index (χ4n) is 3.61. The third-order valence-corrected chi connectivity index (χ3v) is 5.68. The lowest BCUT2D eigenvalue weighted by Crippen LogP contribution is -2.58. The normalized spacial score (nSPS) is 14.3. The van der Waals surface area contributed by atoms with Crippen molar-refractivity contribution < 1.29 is 32.5 Å². The molecule has 3 amide bonds. The third-order valence-electron chi connectivity index (χ3n) is 5.68. The number of carbonyl (C=O) groups excluding carboxylic acids is 3. The fourth-order valence-corrected chi connectivity index (χ4v) is 3.61. The van der Waals surface area contributed by atoms with Crippen molar-refractivity contribution in [3.63, 3.8) is 0 Å². The Balaban J connectivity index is 0.000000248. The van der Waals surface area contributed by atoms with E-state index in [2.05, 4.69) is 54.9 Å². The molecule has 0 saturated carbocycles. The first-order chi connectivity index (χ1) is 19.6. The highest BCUT2D eigenvalue weighted by Gasteiger charge is 2.42. The van der Waals surface area contributed by atoms with E-state index in [0.717, 1.165) is 4.90 Å². The first kappa shape index (κ1) is 32.8. The number of hydrogen-bond donors (Lipinski definition) is 3. The van der Waals surface area contributed by atoms with Crippen LogP contribution >= 0.6 is 0 Å². The molecule has 0 radical (unpaired) electrons. The summed E-state index contributed by atoms with van der Waals surface area (Å²) >= 11 is 0. The van der Waals surface area contributed by atoms with E-state index in [4.69, 9.17) is 4.74 Å². The van der Waals surface area contributed by atoms with Gasteiger partial charge in [-0.05, 0) is 36.2 Å². The standard InChI is InChI=1S/C13H18F2N4O2.C7H9N3O3.C7H8/c1-16-11-5-9(3-4-17-11)10(6-21-2)19-8-13(14,15)7-18-12(19)20;1-2-5-6(10-13-9-5)7(12)8-3-4-11;1-7-5-3-2-4-6-7/h3-5,10H,6-8H2,1-2H3,(H,16,17)(H,18,20);4H,2-3H2,1H3,(H,8,12);2-6H,1H3. The van der Waals surface area contributed by atoms with Crippen LogP contribution in [0.3, 0.4) is 0 Å². The maximum Gasteiger partial charge on any atom is 0.318 e. The highest BCUT2D eigenvalue weighted by molar-refractivity contribution is 5.94. The van der Waals surface area contributed by atoms with Crippen LogP contribution in [0, 0.1) is 6.92 Å². The number of nitrogens with zero attached hydrogens (tertiary/aromatic N) is 4. The molecule has 1 aromatic carbocycles. The first-order valence-electron chi connectivity index (χ1n) is 12.8. The average molecular weight is 576 g/mol. The van der Waals surface area contributed by atoms with Gasteiger partial charge in [0, 0.05) is 20.4 Å². The summed E-state index contributed by atoms with van der Waals surface area (Å²) in [6, 6.07) is 12.5. The van der Waals surface area contributed by atoms with E-state index in [1.807, 2.05) is 25.1 Å². The van der Waals surface area contributed by atoms with Crippen molar-refractivity contribution in [1.29, 1.82) is 0 Å². The van der Waals surface area contributed by atoms with Gasteiger partial charge >= 0.3 is 6.03 Å². The van der Waals surface area contributed by atoms with Crippen LogP contribution in [0.1, 0.15) is 40.3 Å². The number of urea groups is 1. The van der Waals surface area contributed by atoms with Crippen LogP contribution in [0.4, 0.5) is 19.4 Å². The van der Waals surface area contributed by atoms with Gasteiger partial charge in [-0.15, -0.1) is 0 Å². The summed E-state index contributed by atoms with van der Waals surface area (Å²) in [4.78, 5) is 38.3. The highest BCUT2D eigenvalue weighted by atomic mass is 19.3. The number of aromatic nitrogens is 3. The number of methoxy groups -OCH3 is 1. The number of amides is 3. The van der Waals surface area contributed by atoms with Crippen molar-refractivity contribution in [2.45, 2.75) is 32.2 Å². The van der Waals surface area contributed by atoms with Crippen LogP contribution in [0.15, 0.2) is 53.3 Å². The molecular formula is C27H35F2N7O5. The zero-order valence-electron chi connectivity index (χ0n) is 23.4. The molecule has 0 aliphatic carbocycles. The van der Waals surface area contributed by atoms with Crippen molar-refractivity contribution in [2.24, 2.45) is 0 Å². The van der Waals surface area contributed by atoms with Gasteiger partial charge in [0.25, 0.3) is 11.8 Å². The van der Waals surface area contributed by atoms with E-state index in [1.54, 1.807) is 25.4 Å². The molecule has 4 rings (SSSR count). The van der Waals surface area contributed by atoms with Gasteiger partial charge in [-0.1, -0.05) is 48.0 Å². The lowest BCUT2D eigenvalue weighted by Gasteiger charge is -2.38. The second kappa shape index (κ2) is 16.6. The molecule has 3 heterocycles. The molecule has 14 heteroatoms. The quantitative estimate of drug-likeness (QED) is 0.327. The SMILES string of the molecule is CCc1nonc1C(=O)NCC=O.CNc1cc(C(COC)N2CC(F)(F)CNC2=O)ccn1.Cc1ccccc1. The van der Waals surface area contributed by atoms with E-state index in [-0.39, 0.29) is 18.8 Å². The van der Waals surface area contributed by atoms with E-state index >= 15 is 0 Å². The number of rotatable bonds is 9. The number of halogens is 2. The predicted molar refractivity (Wildman–Crippen MR) is 147 cm³/mol. The second-order valence-electron chi connectivity index (χ2n) is 8.78. The molecule has 41 heavy (non-hydrogen) atoms. The Labute approximate surface area is 236 Å². The van der Waals surface area contributed by atoms with Gasteiger partial charge in [0.05, 0.1) is 32.3 Å². The van der Waals surface area contributed by atoms with Gasteiger partial charge in [-0.3, -0.25) is 4.79 Å². The van der Waals surface area contributed by atoms with Gasteiger partial charge in [0.15, 0.2) is 5.69 Å². The topological polar surface area (TPSA) is 152 Å². The number of benzene rings is 1.